The van der Waals surface area contributed by atoms with Gasteiger partial charge in [-0.05, 0) is 76.2 Å². The first-order valence-electron chi connectivity index (χ1n) is 19.5. The number of aliphatic imine (C=N–C) groups is 2. The van der Waals surface area contributed by atoms with E-state index in [1.807, 2.05) is 60.7 Å². The Balaban J connectivity index is 0.000000260. The van der Waals surface area contributed by atoms with Crippen molar-refractivity contribution in [2.45, 2.75) is 25.4 Å². The summed E-state index contributed by atoms with van der Waals surface area (Å²) in [4.78, 5) is 9.67. The molecule has 2 aliphatic heterocycles. The zero-order chi connectivity index (χ0) is 50.7. The Morgan fingerprint density at radius 3 is 1.26 bits per heavy atom. The van der Waals surface area contributed by atoms with Crippen LogP contribution in [-0.2, 0) is 15.9 Å². The van der Waals surface area contributed by atoms with Gasteiger partial charge in [0.1, 0.15) is 21.6 Å². The average molecular weight is 1240 g/mol. The molecule has 0 radical (unpaired) electrons. The molecule has 2 heterocycles. The summed E-state index contributed by atoms with van der Waals surface area (Å²) in [6.45, 7) is -9.04. The van der Waals surface area contributed by atoms with Crippen LogP contribution in [0.3, 0.4) is 0 Å². The SMILES string of the molecule is Clc1ccccc1C1=NC(c2ccc(Br)cc2)CS1.FC(F)F.FC(F)F.FCOc1ccc(-c2ccc(C3CSC(c4ccccc4Cl)=N3)cc2)cc1.OB(O)c1ccc(OCF)cc1.[Cl][Pd][Cl]. The number of thioether (sulfide) groups is 2. The molecule has 0 bridgehead atoms. The number of hydrogen-bond donors (Lipinski definition) is 2. The molecule has 6 aromatic carbocycles. The van der Waals surface area contributed by atoms with E-state index in [0.29, 0.717) is 17.0 Å². The zero-order valence-electron chi connectivity index (χ0n) is 35.2. The third-order valence-electron chi connectivity index (χ3n) is 8.87. The molecule has 0 spiro atoms. The molecule has 0 aliphatic carbocycles. The van der Waals surface area contributed by atoms with Gasteiger partial charge in [0, 0.05) is 27.1 Å². The molecule has 0 saturated heterocycles. The van der Waals surface area contributed by atoms with Crippen LogP contribution in [0.2, 0.25) is 10.0 Å². The zero-order valence-corrected chi connectivity index (χ0v) is 43.0. The molecule has 0 amide bonds. The molecule has 0 fully saturated rings. The minimum atomic E-state index is -3.67. The quantitative estimate of drug-likeness (QED) is 0.105. The van der Waals surface area contributed by atoms with E-state index in [9.17, 15) is 35.1 Å². The molecule has 2 atom stereocenters. The number of halogens is 13. The summed E-state index contributed by atoms with van der Waals surface area (Å²) in [5, 5.41) is 20.9. The Morgan fingerprint density at radius 2 is 0.913 bits per heavy atom. The molecule has 0 saturated carbocycles. The van der Waals surface area contributed by atoms with Crippen molar-refractivity contribution in [3.63, 3.8) is 0 Å². The molecular weight excluding hydrogens is 1200 g/mol. The van der Waals surface area contributed by atoms with Crippen molar-refractivity contribution in [2.75, 3.05) is 25.2 Å². The number of benzene rings is 6. The normalized spacial score (nSPS) is 14.4. The molecule has 372 valence electrons. The molecule has 6 nitrogen and oxygen atoms in total. The van der Waals surface area contributed by atoms with E-state index in [0.717, 1.165) is 58.4 Å². The summed E-state index contributed by atoms with van der Waals surface area (Å²) < 4.78 is 92.3. The average Bonchev–Trinajstić information content (AvgIpc) is 4.03. The summed E-state index contributed by atoms with van der Waals surface area (Å²) in [5.41, 5.74) is 6.98. The van der Waals surface area contributed by atoms with Gasteiger partial charge in [0.15, 0.2) is 0 Å². The van der Waals surface area contributed by atoms with E-state index in [4.69, 9.17) is 67.0 Å². The molecule has 6 aromatic rings. The molecule has 0 aromatic heterocycles. The van der Waals surface area contributed by atoms with Gasteiger partial charge in [0.05, 0.1) is 22.1 Å². The van der Waals surface area contributed by atoms with Crippen molar-refractivity contribution in [1.29, 1.82) is 0 Å². The topological polar surface area (TPSA) is 83.6 Å². The standard InChI is InChI=1S/C22H17ClFNOS.C15H11BrClNS.C7H8BFO3.2CHF3.2ClH.Pd/c23-20-4-2-1-3-19(20)22-25-21(13-27-22)17-7-5-15(6-8-17)16-9-11-18(12-10-16)26-14-24;16-11-7-5-10(6-8-11)14-9-19-15(18-14)12-3-1-2-4-13(12)17;9-5-12-7-3-1-6(2-4-7)8(10)11;2*2-1(3)4;;;/h1-12,21H,13-14H2;1-8,14H,9H2;1-4,10-11H,5H2;2*1H;2*1H;/q;;;;;;;+2/p-2. The third-order valence-corrected chi connectivity index (χ3v) is 12.2. The van der Waals surface area contributed by atoms with E-state index in [-0.39, 0.29) is 28.0 Å². The summed E-state index contributed by atoms with van der Waals surface area (Å²) in [6, 6.07) is 46.1. The number of hydrogen-bond acceptors (Lipinski definition) is 8. The number of nitrogens with zero attached hydrogens (tertiary/aromatic N) is 2. The van der Waals surface area contributed by atoms with Gasteiger partial charge in [-0.1, -0.05) is 136 Å². The maximum atomic E-state index is 12.2. The van der Waals surface area contributed by atoms with E-state index in [1.165, 1.54) is 35.4 Å². The van der Waals surface area contributed by atoms with Crippen LogP contribution in [0.5, 0.6) is 11.5 Å². The van der Waals surface area contributed by atoms with E-state index in [1.54, 1.807) is 35.7 Å². The first kappa shape index (κ1) is 60.0. The Labute approximate surface area is 437 Å². The summed E-state index contributed by atoms with van der Waals surface area (Å²) in [5.74, 6) is 2.78. The molecule has 69 heavy (non-hydrogen) atoms. The fraction of sp³-hybridized carbons (Fsp3) is 0.174. The van der Waals surface area contributed by atoms with Gasteiger partial charge >= 0.3 is 55.5 Å². The van der Waals surface area contributed by atoms with Crippen LogP contribution < -0.4 is 14.9 Å². The Hall–Kier alpha value is -3.31. The minimum absolute atomic E-state index is 0.106. The first-order valence-corrected chi connectivity index (χ1v) is 27.0. The van der Waals surface area contributed by atoms with Crippen LogP contribution in [0.15, 0.2) is 160 Å². The van der Waals surface area contributed by atoms with E-state index >= 15 is 0 Å². The molecular formula is C46H38BBrCl4F8N2O4PdS2. The summed E-state index contributed by atoms with van der Waals surface area (Å²) in [6.07, 6.45) is 0. The predicted molar refractivity (Wildman–Crippen MR) is 268 cm³/mol. The van der Waals surface area contributed by atoms with Gasteiger partial charge < -0.3 is 19.5 Å². The van der Waals surface area contributed by atoms with Crippen LogP contribution in [0, 0.1) is 0 Å². The van der Waals surface area contributed by atoms with Gasteiger partial charge in [-0.2, -0.15) is 26.3 Å². The van der Waals surface area contributed by atoms with Crippen LogP contribution in [-0.4, -0.2) is 65.8 Å². The van der Waals surface area contributed by atoms with Crippen molar-refractivity contribution in [3.05, 3.63) is 182 Å². The van der Waals surface area contributed by atoms with Crippen LogP contribution in [0.1, 0.15) is 34.3 Å². The number of alkyl halides is 8. The fourth-order valence-electron chi connectivity index (χ4n) is 5.84. The Bertz CT molecular complexity index is 2460. The molecule has 2 N–H and O–H groups in total. The van der Waals surface area contributed by atoms with E-state index < -0.39 is 34.2 Å². The second-order valence-corrected chi connectivity index (χ2v) is 19.3. The van der Waals surface area contributed by atoms with Crippen molar-refractivity contribution >= 4 is 104 Å². The molecule has 23 heteroatoms. The van der Waals surface area contributed by atoms with Gasteiger partial charge in [-0.3, -0.25) is 9.98 Å². The van der Waals surface area contributed by atoms with Gasteiger partial charge in [-0.25, -0.2) is 8.78 Å². The molecule has 2 unspecified atom stereocenters. The molecule has 2 aliphatic rings. The van der Waals surface area contributed by atoms with Crippen molar-refractivity contribution in [2.24, 2.45) is 9.98 Å². The third kappa shape index (κ3) is 22.3. The monoisotopic (exact) mass is 1230 g/mol. The second-order valence-electron chi connectivity index (χ2n) is 13.2. The van der Waals surface area contributed by atoms with E-state index in [2.05, 4.69) is 69.2 Å². The fourth-order valence-corrected chi connectivity index (χ4v) is 8.90. The van der Waals surface area contributed by atoms with Crippen molar-refractivity contribution in [3.8, 4) is 22.6 Å². The number of rotatable bonds is 10. The van der Waals surface area contributed by atoms with Gasteiger partial charge in [0.25, 0.3) is 0 Å². The molecule has 8 rings (SSSR count). The van der Waals surface area contributed by atoms with Gasteiger partial charge in [-0.15, -0.1) is 23.5 Å². The van der Waals surface area contributed by atoms with Crippen LogP contribution in [0.25, 0.3) is 11.1 Å². The first-order chi connectivity index (χ1) is 33.1. The summed E-state index contributed by atoms with van der Waals surface area (Å²) in [7, 11) is 8.13. The van der Waals surface area contributed by atoms with Gasteiger partial charge in [0.2, 0.25) is 13.7 Å². The maximum absolute atomic E-state index is 12.2. The van der Waals surface area contributed by atoms with Crippen LogP contribution in [0.4, 0.5) is 35.1 Å². The Morgan fingerprint density at radius 1 is 0.580 bits per heavy atom. The second kappa shape index (κ2) is 33.4. The number of ether oxygens (including phenoxy) is 2. The summed E-state index contributed by atoms with van der Waals surface area (Å²) >= 11 is 19.4. The van der Waals surface area contributed by atoms with Crippen LogP contribution >= 0.6 is 81.7 Å². The van der Waals surface area contributed by atoms with Crippen molar-refractivity contribution < 1.29 is 70.6 Å². The van der Waals surface area contributed by atoms with Crippen molar-refractivity contribution in [1.82, 2.24) is 0 Å². The predicted octanol–water partition coefficient (Wildman–Crippen LogP) is 15.3. The Kier molecular flexibility index (Phi) is 29.0.